The minimum atomic E-state index is -0.929. The zero-order chi connectivity index (χ0) is 15.3. The van der Waals surface area contributed by atoms with Crippen molar-refractivity contribution in [3.8, 4) is 0 Å². The van der Waals surface area contributed by atoms with Crippen molar-refractivity contribution in [3.05, 3.63) is 29.3 Å². The number of ether oxygens (including phenoxy) is 1. The molecule has 5 nitrogen and oxygen atoms in total. The Hall–Kier alpha value is -1.88. The summed E-state index contributed by atoms with van der Waals surface area (Å²) in [5.41, 5.74) is 3.40. The number of benzene rings is 1. The van der Waals surface area contributed by atoms with E-state index in [1.807, 2.05) is 12.1 Å². The molecule has 2 saturated heterocycles. The first-order chi connectivity index (χ1) is 10.6. The van der Waals surface area contributed by atoms with Crippen LogP contribution >= 0.6 is 0 Å². The van der Waals surface area contributed by atoms with Gasteiger partial charge in [-0.25, -0.2) is 0 Å². The Labute approximate surface area is 128 Å². The topological polar surface area (TPSA) is 75.6 Å². The summed E-state index contributed by atoms with van der Waals surface area (Å²) in [5, 5.41) is 12.3. The first-order valence-electron chi connectivity index (χ1n) is 7.94. The number of carbonyl (C=O) groups excluding carboxylic acids is 1. The molecule has 0 unspecified atom stereocenters. The molecule has 0 aromatic heterocycles. The zero-order valence-corrected chi connectivity index (χ0v) is 12.2. The SMILES string of the molecule is O=C(O)[C@@H]1[C@@H](C(=O)Nc2ccc3c(c2)CCC3)[C@H]2CC[C@H]1O2. The first-order valence-corrected chi connectivity index (χ1v) is 7.94. The number of anilines is 1. The van der Waals surface area contributed by atoms with Crippen LogP contribution < -0.4 is 5.32 Å². The predicted molar refractivity (Wildman–Crippen MR) is 79.6 cm³/mol. The first kappa shape index (κ1) is 13.8. The fourth-order valence-corrected chi connectivity index (χ4v) is 4.20. The highest BCUT2D eigenvalue weighted by molar-refractivity contribution is 5.96. The van der Waals surface area contributed by atoms with Gasteiger partial charge in [0.05, 0.1) is 24.0 Å². The van der Waals surface area contributed by atoms with Crippen LogP contribution in [0.5, 0.6) is 0 Å². The summed E-state index contributed by atoms with van der Waals surface area (Å²) in [7, 11) is 0. The molecule has 116 valence electrons. The summed E-state index contributed by atoms with van der Waals surface area (Å²) in [5.74, 6) is -2.45. The highest BCUT2D eigenvalue weighted by atomic mass is 16.5. The van der Waals surface area contributed by atoms with Crippen molar-refractivity contribution in [2.24, 2.45) is 11.8 Å². The normalized spacial score (nSPS) is 32.0. The predicted octanol–water partition coefficient (Wildman–Crippen LogP) is 1.99. The van der Waals surface area contributed by atoms with Crippen molar-refractivity contribution in [3.63, 3.8) is 0 Å². The summed E-state index contributed by atoms with van der Waals surface area (Å²) in [6, 6.07) is 5.99. The van der Waals surface area contributed by atoms with E-state index >= 15 is 0 Å². The van der Waals surface area contributed by atoms with Gasteiger partial charge in [0.25, 0.3) is 0 Å². The molecule has 1 aromatic rings. The van der Waals surface area contributed by atoms with E-state index in [2.05, 4.69) is 11.4 Å². The third-order valence-corrected chi connectivity index (χ3v) is 5.23. The average molecular weight is 301 g/mol. The Morgan fingerprint density at radius 3 is 2.59 bits per heavy atom. The third-order valence-electron chi connectivity index (χ3n) is 5.23. The lowest BCUT2D eigenvalue weighted by molar-refractivity contribution is -0.147. The van der Waals surface area contributed by atoms with Gasteiger partial charge in [0.2, 0.25) is 5.91 Å². The van der Waals surface area contributed by atoms with Gasteiger partial charge in [0, 0.05) is 5.69 Å². The lowest BCUT2D eigenvalue weighted by atomic mass is 9.78. The molecule has 2 heterocycles. The maximum absolute atomic E-state index is 12.6. The minimum Gasteiger partial charge on any atom is -0.481 e. The van der Waals surface area contributed by atoms with Crippen LogP contribution in [0.4, 0.5) is 5.69 Å². The molecule has 0 spiro atoms. The lowest BCUT2D eigenvalue weighted by Crippen LogP contribution is -2.40. The molecule has 0 radical (unpaired) electrons. The van der Waals surface area contributed by atoms with Gasteiger partial charge >= 0.3 is 5.97 Å². The summed E-state index contributed by atoms with van der Waals surface area (Å²) in [4.78, 5) is 24.0. The van der Waals surface area contributed by atoms with Crippen molar-refractivity contribution in [1.82, 2.24) is 0 Å². The number of nitrogens with one attached hydrogen (secondary N) is 1. The molecule has 4 rings (SSSR count). The number of rotatable bonds is 3. The minimum absolute atomic E-state index is 0.224. The van der Waals surface area contributed by atoms with Crippen LogP contribution in [0.3, 0.4) is 0 Å². The number of aryl methyl sites for hydroxylation is 2. The van der Waals surface area contributed by atoms with Gasteiger partial charge in [-0.2, -0.15) is 0 Å². The van der Waals surface area contributed by atoms with E-state index in [1.165, 1.54) is 11.1 Å². The molecule has 1 aliphatic carbocycles. The molecular weight excluding hydrogens is 282 g/mol. The maximum Gasteiger partial charge on any atom is 0.310 e. The van der Waals surface area contributed by atoms with E-state index in [-0.39, 0.29) is 18.1 Å². The van der Waals surface area contributed by atoms with Gasteiger partial charge in [0.15, 0.2) is 0 Å². The van der Waals surface area contributed by atoms with Crippen LogP contribution in [-0.2, 0) is 27.2 Å². The van der Waals surface area contributed by atoms with Gasteiger partial charge in [-0.3, -0.25) is 9.59 Å². The van der Waals surface area contributed by atoms with Gasteiger partial charge in [-0.05, 0) is 55.4 Å². The monoisotopic (exact) mass is 301 g/mol. The fourth-order valence-electron chi connectivity index (χ4n) is 4.20. The van der Waals surface area contributed by atoms with Crippen LogP contribution in [-0.4, -0.2) is 29.2 Å². The molecule has 22 heavy (non-hydrogen) atoms. The maximum atomic E-state index is 12.6. The van der Waals surface area contributed by atoms with E-state index in [0.717, 1.165) is 37.8 Å². The van der Waals surface area contributed by atoms with E-state index in [1.54, 1.807) is 0 Å². The Balaban J connectivity index is 1.53. The third kappa shape index (κ3) is 2.11. The van der Waals surface area contributed by atoms with Crippen molar-refractivity contribution in [2.45, 2.75) is 44.3 Å². The van der Waals surface area contributed by atoms with Crippen LogP contribution in [0.25, 0.3) is 0 Å². The number of hydrogen-bond acceptors (Lipinski definition) is 3. The standard InChI is InChI=1S/C17H19NO4/c19-16(14-12-6-7-13(22-12)15(14)17(20)21)18-11-5-4-9-2-1-3-10(9)8-11/h4-5,8,12-15H,1-3,6-7H2,(H,18,19)(H,20,21)/t12-,13-,14+,15+/m1/s1. The molecule has 0 saturated carbocycles. The molecule has 3 aliphatic rings. The number of amides is 1. The van der Waals surface area contributed by atoms with Gasteiger partial charge < -0.3 is 15.2 Å². The largest absolute Gasteiger partial charge is 0.481 e. The van der Waals surface area contributed by atoms with Crippen molar-refractivity contribution >= 4 is 17.6 Å². The highest BCUT2D eigenvalue weighted by Crippen LogP contribution is 2.44. The van der Waals surface area contributed by atoms with Crippen LogP contribution in [0, 0.1) is 11.8 Å². The van der Waals surface area contributed by atoms with E-state index < -0.39 is 17.8 Å². The molecule has 4 atom stereocenters. The van der Waals surface area contributed by atoms with Crippen molar-refractivity contribution in [1.29, 1.82) is 0 Å². The van der Waals surface area contributed by atoms with E-state index in [0.29, 0.717) is 0 Å². The Bertz CT molecular complexity index is 642. The average Bonchev–Trinajstić information content (AvgIpc) is 3.20. The summed E-state index contributed by atoms with van der Waals surface area (Å²) >= 11 is 0. The molecule has 2 N–H and O–H groups in total. The van der Waals surface area contributed by atoms with Crippen LogP contribution in [0.1, 0.15) is 30.4 Å². The van der Waals surface area contributed by atoms with Gasteiger partial charge in [-0.1, -0.05) is 6.07 Å². The molecular formula is C17H19NO4. The Morgan fingerprint density at radius 2 is 1.82 bits per heavy atom. The Kier molecular flexibility index (Phi) is 3.18. The molecule has 5 heteroatoms. The number of carboxylic acid groups (broad SMARTS) is 1. The molecule has 2 aliphatic heterocycles. The smallest absolute Gasteiger partial charge is 0.310 e. The van der Waals surface area contributed by atoms with Gasteiger partial charge in [-0.15, -0.1) is 0 Å². The Morgan fingerprint density at radius 1 is 1.09 bits per heavy atom. The second-order valence-corrected chi connectivity index (χ2v) is 6.51. The van der Waals surface area contributed by atoms with Gasteiger partial charge in [0.1, 0.15) is 0 Å². The molecule has 1 amide bonds. The zero-order valence-electron chi connectivity index (χ0n) is 12.2. The molecule has 1 aromatic carbocycles. The van der Waals surface area contributed by atoms with Crippen molar-refractivity contribution < 1.29 is 19.4 Å². The summed E-state index contributed by atoms with van der Waals surface area (Å²) in [6.07, 6.45) is 4.27. The van der Waals surface area contributed by atoms with E-state index in [4.69, 9.17) is 4.74 Å². The summed E-state index contributed by atoms with van der Waals surface area (Å²) < 4.78 is 5.65. The second kappa shape index (κ2) is 5.09. The number of carboxylic acids is 1. The second-order valence-electron chi connectivity index (χ2n) is 6.51. The quantitative estimate of drug-likeness (QED) is 0.895. The molecule has 2 fully saturated rings. The lowest BCUT2D eigenvalue weighted by Gasteiger charge is -2.24. The summed E-state index contributed by atoms with van der Waals surface area (Å²) in [6.45, 7) is 0. The molecule has 2 bridgehead atoms. The van der Waals surface area contributed by atoms with E-state index in [9.17, 15) is 14.7 Å². The number of fused-ring (bicyclic) bond motifs is 3. The van der Waals surface area contributed by atoms with Crippen LogP contribution in [0.15, 0.2) is 18.2 Å². The van der Waals surface area contributed by atoms with Crippen LogP contribution in [0.2, 0.25) is 0 Å². The number of carbonyl (C=O) groups is 2. The fraction of sp³-hybridized carbons (Fsp3) is 0.529. The highest BCUT2D eigenvalue weighted by Gasteiger charge is 2.55. The number of hydrogen-bond donors (Lipinski definition) is 2. The van der Waals surface area contributed by atoms with Crippen molar-refractivity contribution in [2.75, 3.05) is 5.32 Å². The number of aliphatic carboxylic acids is 1.